The van der Waals surface area contributed by atoms with Gasteiger partial charge in [-0.25, -0.2) is 9.78 Å². The third-order valence-corrected chi connectivity index (χ3v) is 4.74. The van der Waals surface area contributed by atoms with Crippen LogP contribution in [0.25, 0.3) is 16.6 Å². The fourth-order valence-electron chi connectivity index (χ4n) is 3.12. The topological polar surface area (TPSA) is 73.2 Å². The zero-order chi connectivity index (χ0) is 23.8. The van der Waals surface area contributed by atoms with Crippen molar-refractivity contribution in [2.75, 3.05) is 0 Å². The van der Waals surface area contributed by atoms with Crippen molar-refractivity contribution in [1.82, 2.24) is 14.9 Å². The van der Waals surface area contributed by atoms with Crippen LogP contribution >= 0.6 is 11.6 Å². The van der Waals surface area contributed by atoms with E-state index >= 15 is 0 Å². The van der Waals surface area contributed by atoms with Gasteiger partial charge in [0.1, 0.15) is 11.4 Å². The highest BCUT2D eigenvalue weighted by Gasteiger charge is 2.31. The van der Waals surface area contributed by atoms with E-state index in [1.165, 1.54) is 18.2 Å². The maximum Gasteiger partial charge on any atom is 0.416 e. The second-order valence-electron chi connectivity index (χ2n) is 8.16. The van der Waals surface area contributed by atoms with E-state index in [9.17, 15) is 22.8 Å². The number of aromatic nitrogens is 2. The predicted molar refractivity (Wildman–Crippen MR) is 115 cm³/mol. The summed E-state index contributed by atoms with van der Waals surface area (Å²) >= 11 is 6.19. The van der Waals surface area contributed by atoms with Crippen LogP contribution in [0.3, 0.4) is 0 Å². The molecule has 10 heteroatoms. The molecule has 2 aromatic carbocycles. The Morgan fingerprint density at radius 3 is 2.44 bits per heavy atom. The SMILES string of the molecule is C[C@H](NC(=O)OC(C)(C)C)c1nc2cccc(Cl)c2c(=O)n1-c1cccc(C(F)(F)F)c1. The molecule has 0 saturated heterocycles. The highest BCUT2D eigenvalue weighted by atomic mass is 35.5. The van der Waals surface area contributed by atoms with Crippen LogP contribution in [0.5, 0.6) is 0 Å². The van der Waals surface area contributed by atoms with Gasteiger partial charge in [-0.3, -0.25) is 9.36 Å². The van der Waals surface area contributed by atoms with Crippen LogP contribution < -0.4 is 10.9 Å². The summed E-state index contributed by atoms with van der Waals surface area (Å²) in [5.74, 6) is 0.0231. The molecule has 1 aromatic heterocycles. The van der Waals surface area contributed by atoms with Gasteiger partial charge in [0.2, 0.25) is 0 Å². The Morgan fingerprint density at radius 1 is 1.16 bits per heavy atom. The third kappa shape index (κ3) is 5.04. The molecule has 0 aliphatic rings. The largest absolute Gasteiger partial charge is 0.444 e. The minimum atomic E-state index is -4.61. The fraction of sp³-hybridized carbons (Fsp3) is 0.318. The van der Waals surface area contributed by atoms with Crippen LogP contribution in [-0.4, -0.2) is 21.2 Å². The first-order valence-electron chi connectivity index (χ1n) is 9.66. The normalized spacial score (nSPS) is 13.1. The molecule has 3 aromatic rings. The number of alkyl carbamates (subject to hydrolysis) is 1. The smallest absolute Gasteiger partial charge is 0.416 e. The van der Waals surface area contributed by atoms with Crippen LogP contribution in [0.15, 0.2) is 47.3 Å². The molecule has 1 heterocycles. The van der Waals surface area contributed by atoms with Gasteiger partial charge in [0.25, 0.3) is 5.56 Å². The molecule has 3 rings (SSSR count). The molecule has 1 amide bonds. The van der Waals surface area contributed by atoms with Crippen LogP contribution in [-0.2, 0) is 10.9 Å². The zero-order valence-electron chi connectivity index (χ0n) is 17.7. The molecule has 32 heavy (non-hydrogen) atoms. The molecule has 0 aliphatic heterocycles. The van der Waals surface area contributed by atoms with Gasteiger partial charge in [-0.2, -0.15) is 13.2 Å². The lowest BCUT2D eigenvalue weighted by Gasteiger charge is -2.23. The summed E-state index contributed by atoms with van der Waals surface area (Å²) < 4.78 is 46.1. The molecular weight excluding hydrogens is 447 g/mol. The molecule has 0 unspecified atom stereocenters. The van der Waals surface area contributed by atoms with Crippen molar-refractivity contribution in [3.63, 3.8) is 0 Å². The van der Waals surface area contributed by atoms with Gasteiger partial charge in [-0.15, -0.1) is 0 Å². The van der Waals surface area contributed by atoms with Gasteiger partial charge in [0.05, 0.1) is 33.2 Å². The van der Waals surface area contributed by atoms with Crippen molar-refractivity contribution in [2.45, 2.75) is 45.5 Å². The molecule has 0 fully saturated rings. The lowest BCUT2D eigenvalue weighted by atomic mass is 10.1. The number of hydrogen-bond acceptors (Lipinski definition) is 4. The van der Waals surface area contributed by atoms with E-state index < -0.39 is 35.0 Å². The first-order chi connectivity index (χ1) is 14.8. The number of fused-ring (bicyclic) bond motifs is 1. The van der Waals surface area contributed by atoms with Gasteiger partial charge in [-0.05, 0) is 58.0 Å². The molecule has 0 radical (unpaired) electrons. The number of carbonyl (C=O) groups is 1. The maximum absolute atomic E-state index is 13.4. The van der Waals surface area contributed by atoms with Crippen molar-refractivity contribution in [2.24, 2.45) is 0 Å². The Bertz CT molecular complexity index is 1230. The lowest BCUT2D eigenvalue weighted by Crippen LogP contribution is -2.37. The van der Waals surface area contributed by atoms with E-state index in [-0.39, 0.29) is 27.4 Å². The summed E-state index contributed by atoms with van der Waals surface area (Å²) in [5, 5.41) is 2.74. The fourth-order valence-corrected chi connectivity index (χ4v) is 3.37. The maximum atomic E-state index is 13.4. The zero-order valence-corrected chi connectivity index (χ0v) is 18.5. The average molecular weight is 468 g/mol. The molecule has 0 saturated carbocycles. The number of nitrogens with zero attached hydrogens (tertiary/aromatic N) is 2. The van der Waals surface area contributed by atoms with E-state index in [0.29, 0.717) is 0 Å². The number of alkyl halides is 3. The standard InChI is InChI=1S/C22H21ClF3N3O3/c1-12(27-20(31)32-21(2,3)4)18-28-16-10-6-9-15(23)17(16)19(30)29(18)14-8-5-7-13(11-14)22(24,25)26/h5-12H,1-4H3,(H,27,31)/t12-/m0/s1. The number of carbonyl (C=O) groups excluding carboxylic acids is 1. The summed E-state index contributed by atoms with van der Waals surface area (Å²) in [7, 11) is 0. The van der Waals surface area contributed by atoms with Crippen molar-refractivity contribution in [3.05, 3.63) is 69.2 Å². The minimum absolute atomic E-state index is 0.0231. The highest BCUT2D eigenvalue weighted by molar-refractivity contribution is 6.35. The molecule has 0 bridgehead atoms. The molecule has 0 aliphatic carbocycles. The Labute approximate surface area is 187 Å². The van der Waals surface area contributed by atoms with Gasteiger partial charge in [0, 0.05) is 0 Å². The van der Waals surface area contributed by atoms with Crippen LogP contribution in [0.4, 0.5) is 18.0 Å². The van der Waals surface area contributed by atoms with Crippen molar-refractivity contribution >= 4 is 28.6 Å². The summed E-state index contributed by atoms with van der Waals surface area (Å²) in [6.45, 7) is 6.61. The quantitative estimate of drug-likeness (QED) is 0.540. The third-order valence-electron chi connectivity index (χ3n) is 4.42. The molecular formula is C22H21ClF3N3O3. The number of amides is 1. The predicted octanol–water partition coefficient (Wildman–Crippen LogP) is 5.64. The van der Waals surface area contributed by atoms with Gasteiger partial charge < -0.3 is 10.1 Å². The number of hydrogen-bond donors (Lipinski definition) is 1. The first-order valence-corrected chi connectivity index (χ1v) is 10.0. The molecule has 0 spiro atoms. The van der Waals surface area contributed by atoms with Gasteiger partial charge in [0.15, 0.2) is 0 Å². The van der Waals surface area contributed by atoms with Crippen LogP contribution in [0, 0.1) is 0 Å². The number of benzene rings is 2. The van der Waals surface area contributed by atoms with Crippen LogP contribution in [0.1, 0.15) is 45.1 Å². The second-order valence-corrected chi connectivity index (χ2v) is 8.57. The summed E-state index contributed by atoms with van der Waals surface area (Å²) in [4.78, 5) is 30.1. The van der Waals surface area contributed by atoms with Gasteiger partial charge in [-0.1, -0.05) is 23.7 Å². The summed E-state index contributed by atoms with van der Waals surface area (Å²) in [6, 6.07) is 8.06. The van der Waals surface area contributed by atoms with E-state index in [1.807, 2.05) is 0 Å². The van der Waals surface area contributed by atoms with E-state index in [2.05, 4.69) is 10.3 Å². The average Bonchev–Trinajstić information content (AvgIpc) is 2.65. The number of halogens is 4. The summed E-state index contributed by atoms with van der Waals surface area (Å²) in [6.07, 6.45) is -5.37. The van der Waals surface area contributed by atoms with E-state index in [1.54, 1.807) is 39.8 Å². The van der Waals surface area contributed by atoms with E-state index in [0.717, 1.165) is 16.7 Å². The van der Waals surface area contributed by atoms with E-state index in [4.69, 9.17) is 16.3 Å². The summed E-state index contributed by atoms with van der Waals surface area (Å²) in [5.41, 5.74) is -2.17. The minimum Gasteiger partial charge on any atom is -0.444 e. The van der Waals surface area contributed by atoms with Crippen molar-refractivity contribution < 1.29 is 22.7 Å². The lowest BCUT2D eigenvalue weighted by molar-refractivity contribution is -0.137. The number of nitrogens with one attached hydrogen (secondary N) is 1. The molecule has 170 valence electrons. The Kier molecular flexibility index (Phi) is 6.24. The Hall–Kier alpha value is -3.07. The second kappa shape index (κ2) is 8.46. The molecule has 6 nitrogen and oxygen atoms in total. The van der Waals surface area contributed by atoms with Crippen molar-refractivity contribution in [3.8, 4) is 5.69 Å². The highest BCUT2D eigenvalue weighted by Crippen LogP contribution is 2.31. The monoisotopic (exact) mass is 467 g/mol. The van der Waals surface area contributed by atoms with Crippen LogP contribution in [0.2, 0.25) is 5.02 Å². The Balaban J connectivity index is 2.22. The number of rotatable bonds is 3. The van der Waals surface area contributed by atoms with Crippen molar-refractivity contribution in [1.29, 1.82) is 0 Å². The Morgan fingerprint density at radius 2 is 1.81 bits per heavy atom. The van der Waals surface area contributed by atoms with Gasteiger partial charge >= 0.3 is 12.3 Å². The number of ether oxygens (including phenoxy) is 1. The molecule has 1 atom stereocenters. The molecule has 1 N–H and O–H groups in total. The first kappa shape index (κ1) is 23.6.